The second kappa shape index (κ2) is 12.8. The molecule has 0 saturated carbocycles. The first-order chi connectivity index (χ1) is 12.3. The van der Waals surface area contributed by atoms with Gasteiger partial charge in [0, 0.05) is 0 Å². The van der Waals surface area contributed by atoms with E-state index in [4.69, 9.17) is 30.2 Å². The Morgan fingerprint density at radius 2 is 0.808 bits per heavy atom. The molecule has 0 fully saturated rings. The Balaban J connectivity index is 6.23. The van der Waals surface area contributed by atoms with E-state index in [2.05, 4.69) is 18.7 Å². The van der Waals surface area contributed by atoms with Crippen molar-refractivity contribution in [2.75, 3.05) is 109 Å². The number of halogens is 1. The molecule has 0 amide bonds. The molecule has 0 spiro atoms. The summed E-state index contributed by atoms with van der Waals surface area (Å²) in [6.45, 7) is 1.70. The zero-order valence-corrected chi connectivity index (χ0v) is 19.6. The van der Waals surface area contributed by atoms with Gasteiger partial charge in [0.05, 0.1) is 0 Å². The summed E-state index contributed by atoms with van der Waals surface area (Å²) in [6, 6.07) is 0. The summed E-state index contributed by atoms with van der Waals surface area (Å²) in [5.41, 5.74) is 0. The molecule has 10 heteroatoms. The molecule has 0 aromatic rings. The van der Waals surface area contributed by atoms with Crippen molar-refractivity contribution in [3.63, 3.8) is 0 Å². The number of hydrogen-bond donors (Lipinski definition) is 0. The van der Waals surface area contributed by atoms with Crippen LogP contribution in [-0.2, 0) is 18.9 Å². The topological polar surface area (TPSA) is 49.9 Å². The van der Waals surface area contributed by atoms with Gasteiger partial charge < -0.3 is 0 Å². The number of nitrogens with zero attached hydrogens (tertiary/aromatic N) is 4. The zero-order chi connectivity index (χ0) is 20.2. The monoisotopic (exact) mass is 418 g/mol. The summed E-state index contributed by atoms with van der Waals surface area (Å²) in [5, 5.41) is 0. The van der Waals surface area contributed by atoms with E-state index in [1.54, 1.807) is 28.4 Å². The van der Waals surface area contributed by atoms with E-state index in [-0.39, 0.29) is 0 Å². The van der Waals surface area contributed by atoms with E-state index in [1.165, 1.54) is 0 Å². The van der Waals surface area contributed by atoms with Gasteiger partial charge in [0.25, 0.3) is 0 Å². The Morgan fingerprint density at radius 1 is 0.577 bits per heavy atom. The molecule has 0 bridgehead atoms. The molecule has 0 saturated heterocycles. The van der Waals surface area contributed by atoms with Crippen molar-refractivity contribution in [3.05, 3.63) is 0 Å². The van der Waals surface area contributed by atoms with Crippen molar-refractivity contribution < 1.29 is 18.9 Å². The van der Waals surface area contributed by atoms with E-state index >= 15 is 0 Å². The fraction of sp³-hybridized carbons (Fsp3) is 1.00. The molecule has 0 aliphatic rings. The minimum atomic E-state index is -3.38. The predicted octanol–water partition coefficient (Wildman–Crippen LogP) is 1.67. The van der Waals surface area contributed by atoms with Gasteiger partial charge in [0.15, 0.2) is 0 Å². The van der Waals surface area contributed by atoms with Gasteiger partial charge in [0.2, 0.25) is 0 Å². The van der Waals surface area contributed by atoms with Crippen molar-refractivity contribution >= 4 is 17.8 Å². The third kappa shape index (κ3) is 5.70. The first-order valence-electron chi connectivity index (χ1n) is 8.81. The Bertz CT molecular complexity index is 332. The molecule has 8 nitrogen and oxygen atoms in total. The fourth-order valence-corrected chi connectivity index (χ4v) is 8.95. The van der Waals surface area contributed by atoms with Crippen LogP contribution in [-0.4, -0.2) is 128 Å². The van der Waals surface area contributed by atoms with E-state index in [9.17, 15) is 0 Å². The van der Waals surface area contributed by atoms with Crippen LogP contribution in [0.15, 0.2) is 0 Å². The predicted molar refractivity (Wildman–Crippen MR) is 111 cm³/mol. The number of hydrogen-bond acceptors (Lipinski definition) is 8. The van der Waals surface area contributed by atoms with Gasteiger partial charge in [-0.05, 0) is 0 Å². The van der Waals surface area contributed by atoms with Crippen molar-refractivity contribution in [2.45, 2.75) is 0 Å². The Morgan fingerprint density at radius 3 is 0.962 bits per heavy atom. The second-order valence-electron chi connectivity index (χ2n) is 6.41. The third-order valence-electron chi connectivity index (χ3n) is 4.56. The van der Waals surface area contributed by atoms with Crippen LogP contribution in [0.1, 0.15) is 0 Å². The second-order valence-corrected chi connectivity index (χ2v) is 12.6. The first kappa shape index (κ1) is 26.4. The van der Waals surface area contributed by atoms with Gasteiger partial charge in [-0.1, -0.05) is 0 Å². The summed E-state index contributed by atoms with van der Waals surface area (Å²) >= 11 is 7.75. The van der Waals surface area contributed by atoms with Crippen LogP contribution in [0.2, 0.25) is 0 Å². The van der Waals surface area contributed by atoms with Crippen LogP contribution in [0.25, 0.3) is 0 Å². The molecule has 0 heterocycles. The molecule has 0 aromatic heterocycles. The Hall–Kier alpha value is 0.400. The minimum absolute atomic E-state index is 0.582. The van der Waals surface area contributed by atoms with Crippen LogP contribution >= 0.6 is 17.8 Å². The van der Waals surface area contributed by atoms with Crippen LogP contribution in [0.5, 0.6) is 0 Å². The van der Waals surface area contributed by atoms with Crippen LogP contribution < -0.4 is 0 Å². The molecule has 0 atom stereocenters. The standard InChI is InChI=1S/C16H40ClN4O4P/c1-18(2)26(17,19(3)4,20(9-13-22-5)10-14-23-6)21(11-15-24-7)12-16-25-8/h9-16H2,1-8H3. The fourth-order valence-electron chi connectivity index (χ4n) is 3.25. The van der Waals surface area contributed by atoms with Crippen molar-refractivity contribution in [2.24, 2.45) is 0 Å². The van der Waals surface area contributed by atoms with Crippen molar-refractivity contribution in [3.8, 4) is 0 Å². The van der Waals surface area contributed by atoms with E-state index in [0.29, 0.717) is 52.6 Å². The SMILES string of the molecule is COCCN(CCOC)P(Cl)(N(C)C)(N(C)C)N(CCOC)CCOC. The number of ether oxygens (including phenoxy) is 4. The van der Waals surface area contributed by atoms with Gasteiger partial charge in [-0.3, -0.25) is 0 Å². The summed E-state index contributed by atoms with van der Waals surface area (Å²) in [6.07, 6.45) is 0. The molecule has 0 aliphatic carbocycles. The summed E-state index contributed by atoms with van der Waals surface area (Å²) in [5.74, 6) is 0. The maximum absolute atomic E-state index is 7.75. The molecule has 0 N–H and O–H groups in total. The Labute approximate surface area is 165 Å². The van der Waals surface area contributed by atoms with Crippen LogP contribution in [0.4, 0.5) is 0 Å². The van der Waals surface area contributed by atoms with Crippen LogP contribution in [0, 0.1) is 0 Å². The molecule has 0 unspecified atom stereocenters. The molecule has 26 heavy (non-hydrogen) atoms. The molecule has 0 rings (SSSR count). The molecule has 0 aliphatic heterocycles. The van der Waals surface area contributed by atoms with Crippen LogP contribution in [0.3, 0.4) is 0 Å². The summed E-state index contributed by atoms with van der Waals surface area (Å²) in [4.78, 5) is 0. The molecule has 0 aromatic carbocycles. The third-order valence-corrected chi connectivity index (χ3v) is 13.2. The van der Waals surface area contributed by atoms with E-state index < -0.39 is 6.56 Å². The van der Waals surface area contributed by atoms with Gasteiger partial charge in [-0.2, -0.15) is 0 Å². The number of methoxy groups -OCH3 is 4. The quantitative estimate of drug-likeness (QED) is 0.351. The van der Waals surface area contributed by atoms with E-state index in [1.807, 2.05) is 28.2 Å². The molecule has 0 radical (unpaired) electrons. The van der Waals surface area contributed by atoms with Gasteiger partial charge >= 0.3 is 165 Å². The van der Waals surface area contributed by atoms with Gasteiger partial charge in [0.1, 0.15) is 0 Å². The molecule has 160 valence electrons. The summed E-state index contributed by atoms with van der Waals surface area (Å²) < 4.78 is 30.4. The molecular weight excluding hydrogens is 379 g/mol. The molecular formula is C16H40ClN4O4P. The average Bonchev–Trinajstić information content (AvgIpc) is 2.61. The Kier molecular flexibility index (Phi) is 13.0. The van der Waals surface area contributed by atoms with E-state index in [0.717, 1.165) is 0 Å². The van der Waals surface area contributed by atoms with Gasteiger partial charge in [-0.25, -0.2) is 0 Å². The normalized spacial score (nSPS) is 14.6. The average molecular weight is 419 g/mol. The number of rotatable bonds is 16. The zero-order valence-electron chi connectivity index (χ0n) is 17.9. The van der Waals surface area contributed by atoms with Gasteiger partial charge in [-0.15, -0.1) is 0 Å². The first-order valence-corrected chi connectivity index (χ1v) is 11.8. The maximum atomic E-state index is 7.75. The van der Waals surface area contributed by atoms with Crippen molar-refractivity contribution in [1.29, 1.82) is 0 Å². The van der Waals surface area contributed by atoms with Crippen molar-refractivity contribution in [1.82, 2.24) is 18.7 Å². The summed E-state index contributed by atoms with van der Waals surface area (Å²) in [7, 11) is 14.9.